The van der Waals surface area contributed by atoms with E-state index in [-0.39, 0.29) is 24.8 Å². The molecule has 1 aromatic heterocycles. The van der Waals surface area contributed by atoms with Gasteiger partial charge in [-0.25, -0.2) is 4.98 Å². The average Bonchev–Trinajstić information content (AvgIpc) is 2.68. The zero-order valence-electron chi connectivity index (χ0n) is 9.45. The van der Waals surface area contributed by atoms with Crippen molar-refractivity contribution in [2.24, 2.45) is 5.73 Å². The largest absolute Gasteiger partial charge is 0.330 e. The highest BCUT2D eigenvalue weighted by molar-refractivity contribution is 5.85. The summed E-state index contributed by atoms with van der Waals surface area (Å²) < 4.78 is 2.14. The van der Waals surface area contributed by atoms with E-state index in [2.05, 4.69) is 33.8 Å². The molecule has 5 heteroatoms. The number of hydrogen-bond acceptors (Lipinski definition) is 2. The second-order valence-electron chi connectivity index (χ2n) is 3.50. The van der Waals surface area contributed by atoms with Crippen LogP contribution in [0.15, 0.2) is 42.7 Å². The Morgan fingerprint density at radius 3 is 2.47 bits per heavy atom. The van der Waals surface area contributed by atoms with E-state index >= 15 is 0 Å². The molecule has 0 radical (unpaired) electrons. The summed E-state index contributed by atoms with van der Waals surface area (Å²) in [4.78, 5) is 4.29. The molecule has 0 fully saturated rings. The molecule has 0 bridgehead atoms. The van der Waals surface area contributed by atoms with Gasteiger partial charge in [0.2, 0.25) is 0 Å². The molecule has 0 spiro atoms. The molecular weight excluding hydrogens is 257 g/mol. The third-order valence-electron chi connectivity index (χ3n) is 2.37. The van der Waals surface area contributed by atoms with Gasteiger partial charge in [-0.3, -0.25) is 0 Å². The van der Waals surface area contributed by atoms with Gasteiger partial charge in [0.1, 0.15) is 5.82 Å². The summed E-state index contributed by atoms with van der Waals surface area (Å²) in [6, 6.07) is 10.4. The van der Waals surface area contributed by atoms with E-state index < -0.39 is 0 Å². The molecule has 0 aliphatic carbocycles. The monoisotopic (exact) mass is 273 g/mol. The minimum absolute atomic E-state index is 0. The van der Waals surface area contributed by atoms with Crippen molar-refractivity contribution in [3.63, 3.8) is 0 Å². The predicted molar refractivity (Wildman–Crippen MR) is 75.0 cm³/mol. The first kappa shape index (κ1) is 16.0. The van der Waals surface area contributed by atoms with E-state index in [1.165, 1.54) is 5.56 Å². The van der Waals surface area contributed by atoms with Crippen LogP contribution in [0, 0.1) is 0 Å². The van der Waals surface area contributed by atoms with Crippen LogP contribution in [-0.2, 0) is 13.0 Å². The molecule has 0 aliphatic heterocycles. The van der Waals surface area contributed by atoms with Crippen molar-refractivity contribution >= 4 is 24.8 Å². The lowest BCUT2D eigenvalue weighted by Gasteiger charge is -2.06. The first-order valence-electron chi connectivity index (χ1n) is 5.14. The highest BCUT2D eigenvalue weighted by Crippen LogP contribution is 2.05. The smallest absolute Gasteiger partial charge is 0.110 e. The summed E-state index contributed by atoms with van der Waals surface area (Å²) in [5, 5.41) is 0. The van der Waals surface area contributed by atoms with Crippen LogP contribution >= 0.6 is 24.8 Å². The van der Waals surface area contributed by atoms with Crippen molar-refractivity contribution in [3.8, 4) is 0 Å². The first-order valence-corrected chi connectivity index (χ1v) is 5.14. The van der Waals surface area contributed by atoms with Gasteiger partial charge in [-0.15, -0.1) is 24.8 Å². The van der Waals surface area contributed by atoms with Crippen LogP contribution in [0.2, 0.25) is 0 Å². The van der Waals surface area contributed by atoms with Crippen LogP contribution in [0.4, 0.5) is 0 Å². The molecule has 94 valence electrons. The fourth-order valence-electron chi connectivity index (χ4n) is 1.62. The van der Waals surface area contributed by atoms with Crippen molar-refractivity contribution in [1.29, 1.82) is 0 Å². The van der Waals surface area contributed by atoms with Gasteiger partial charge in [-0.2, -0.15) is 0 Å². The van der Waals surface area contributed by atoms with E-state index in [1.807, 2.05) is 18.5 Å². The quantitative estimate of drug-likeness (QED) is 0.929. The minimum Gasteiger partial charge on any atom is -0.330 e. The Morgan fingerprint density at radius 2 is 1.82 bits per heavy atom. The van der Waals surface area contributed by atoms with Gasteiger partial charge in [0.25, 0.3) is 0 Å². The lowest BCUT2D eigenvalue weighted by Crippen LogP contribution is -2.10. The molecular formula is C12H17Cl2N3. The van der Waals surface area contributed by atoms with Gasteiger partial charge in [0.05, 0.1) is 0 Å². The normalized spacial score (nSPS) is 9.24. The second kappa shape index (κ2) is 8.12. The van der Waals surface area contributed by atoms with Gasteiger partial charge in [0.15, 0.2) is 0 Å². The summed E-state index contributed by atoms with van der Waals surface area (Å²) >= 11 is 0. The Labute approximate surface area is 114 Å². The molecule has 2 rings (SSSR count). The number of rotatable bonds is 4. The van der Waals surface area contributed by atoms with E-state index in [0.717, 1.165) is 18.8 Å². The lowest BCUT2D eigenvalue weighted by atomic mass is 10.2. The number of hydrogen-bond donors (Lipinski definition) is 1. The van der Waals surface area contributed by atoms with Gasteiger partial charge in [-0.05, 0) is 12.1 Å². The van der Waals surface area contributed by atoms with E-state index in [4.69, 9.17) is 5.73 Å². The molecule has 0 aliphatic rings. The summed E-state index contributed by atoms with van der Waals surface area (Å²) in [7, 11) is 0. The Hall–Kier alpha value is -1.03. The summed E-state index contributed by atoms with van der Waals surface area (Å²) in [5.74, 6) is 1.06. The van der Waals surface area contributed by atoms with Gasteiger partial charge >= 0.3 is 0 Å². The van der Waals surface area contributed by atoms with Crippen molar-refractivity contribution in [1.82, 2.24) is 9.55 Å². The zero-order valence-corrected chi connectivity index (χ0v) is 11.1. The van der Waals surface area contributed by atoms with E-state index in [1.54, 1.807) is 0 Å². The van der Waals surface area contributed by atoms with Crippen LogP contribution in [0.1, 0.15) is 11.4 Å². The third-order valence-corrected chi connectivity index (χ3v) is 2.37. The lowest BCUT2D eigenvalue weighted by molar-refractivity contribution is 0.716. The van der Waals surface area contributed by atoms with Crippen LogP contribution in [0.3, 0.4) is 0 Å². The highest BCUT2D eigenvalue weighted by Gasteiger charge is 2.01. The minimum atomic E-state index is 0. The summed E-state index contributed by atoms with van der Waals surface area (Å²) in [6.45, 7) is 1.52. The van der Waals surface area contributed by atoms with Gasteiger partial charge in [-0.1, -0.05) is 30.3 Å². The molecule has 0 saturated heterocycles. The maximum absolute atomic E-state index is 5.53. The van der Waals surface area contributed by atoms with E-state index in [0.29, 0.717) is 6.54 Å². The second-order valence-corrected chi connectivity index (χ2v) is 3.50. The highest BCUT2D eigenvalue weighted by atomic mass is 35.5. The molecule has 0 unspecified atom stereocenters. The Bertz CT molecular complexity index is 415. The van der Waals surface area contributed by atoms with Crippen molar-refractivity contribution < 1.29 is 0 Å². The molecule has 0 atom stereocenters. The summed E-state index contributed by atoms with van der Waals surface area (Å²) in [6.07, 6.45) is 4.66. The maximum atomic E-state index is 5.53. The molecule has 1 heterocycles. The number of aromatic nitrogens is 2. The van der Waals surface area contributed by atoms with Crippen molar-refractivity contribution in [2.45, 2.75) is 13.0 Å². The van der Waals surface area contributed by atoms with Crippen LogP contribution < -0.4 is 5.73 Å². The Kier molecular flexibility index (Phi) is 7.63. The van der Waals surface area contributed by atoms with Gasteiger partial charge < -0.3 is 10.3 Å². The first-order chi connectivity index (χ1) is 7.40. The van der Waals surface area contributed by atoms with Crippen LogP contribution in [-0.4, -0.2) is 16.1 Å². The van der Waals surface area contributed by atoms with Crippen LogP contribution in [0.25, 0.3) is 0 Å². The fourth-order valence-corrected chi connectivity index (χ4v) is 1.62. The number of imidazole rings is 1. The maximum Gasteiger partial charge on any atom is 0.110 e. The summed E-state index contributed by atoms with van der Waals surface area (Å²) in [5.41, 5.74) is 6.81. The molecule has 2 N–H and O–H groups in total. The van der Waals surface area contributed by atoms with E-state index in [9.17, 15) is 0 Å². The molecule has 0 saturated carbocycles. The standard InChI is InChI=1S/C12H15N3.2ClH/c13-7-6-12-14-8-9-15(12)10-11-4-2-1-3-5-11;;/h1-5,8-9H,6-7,10,13H2;2*1H. The average molecular weight is 274 g/mol. The van der Waals surface area contributed by atoms with Crippen LogP contribution in [0.5, 0.6) is 0 Å². The van der Waals surface area contributed by atoms with Crippen molar-refractivity contribution in [2.75, 3.05) is 6.54 Å². The Morgan fingerprint density at radius 1 is 1.12 bits per heavy atom. The number of benzene rings is 1. The SMILES string of the molecule is Cl.Cl.NCCc1nccn1Cc1ccccc1. The molecule has 1 aromatic carbocycles. The number of halogens is 2. The molecule has 0 amide bonds. The number of nitrogens with two attached hydrogens (primary N) is 1. The number of nitrogens with zero attached hydrogens (tertiary/aromatic N) is 2. The third kappa shape index (κ3) is 4.38. The zero-order chi connectivity index (χ0) is 10.5. The molecule has 2 aromatic rings. The van der Waals surface area contributed by atoms with Gasteiger partial charge in [0, 0.05) is 25.4 Å². The topological polar surface area (TPSA) is 43.8 Å². The van der Waals surface area contributed by atoms with Crippen molar-refractivity contribution in [3.05, 3.63) is 54.1 Å². The fraction of sp³-hybridized carbons (Fsp3) is 0.250. The predicted octanol–water partition coefficient (Wildman–Crippen LogP) is 2.28. The Balaban J connectivity index is 0.00000128. The molecule has 17 heavy (non-hydrogen) atoms. The molecule has 3 nitrogen and oxygen atoms in total.